The van der Waals surface area contributed by atoms with E-state index in [1.54, 1.807) is 18.2 Å². The highest BCUT2D eigenvalue weighted by Crippen LogP contribution is 2.37. The molecule has 0 saturated carbocycles. The Morgan fingerprint density at radius 1 is 1.09 bits per heavy atom. The number of nitrogens with zero attached hydrogens (tertiary/aromatic N) is 2. The van der Waals surface area contributed by atoms with Gasteiger partial charge in [-0.15, -0.1) is 0 Å². The molecule has 2 aromatic rings. The molecule has 2 aliphatic heterocycles. The van der Waals surface area contributed by atoms with Gasteiger partial charge >= 0.3 is 5.97 Å². The predicted octanol–water partition coefficient (Wildman–Crippen LogP) is 5.35. The van der Waals surface area contributed by atoms with Gasteiger partial charge in [-0.05, 0) is 43.0 Å². The lowest BCUT2D eigenvalue weighted by atomic mass is 9.92. The molecule has 190 valence electrons. The van der Waals surface area contributed by atoms with E-state index in [-0.39, 0.29) is 36.1 Å². The number of ether oxygens (including phenoxy) is 2. The Bertz CT molecular complexity index is 1040. The van der Waals surface area contributed by atoms with Crippen molar-refractivity contribution >= 4 is 17.3 Å². The summed E-state index contributed by atoms with van der Waals surface area (Å²) in [6.45, 7) is 8.43. The van der Waals surface area contributed by atoms with E-state index in [4.69, 9.17) is 9.47 Å². The van der Waals surface area contributed by atoms with Crippen LogP contribution in [0, 0.1) is 23.5 Å². The highest BCUT2D eigenvalue weighted by molar-refractivity contribution is 5.69. The van der Waals surface area contributed by atoms with Crippen molar-refractivity contribution in [1.82, 2.24) is 0 Å². The molecule has 8 heteroatoms. The highest BCUT2D eigenvalue weighted by atomic mass is 19.1. The number of piperidine rings is 1. The van der Waals surface area contributed by atoms with Crippen LogP contribution in [0.1, 0.15) is 40.0 Å². The summed E-state index contributed by atoms with van der Waals surface area (Å²) >= 11 is 0. The molecule has 0 aromatic heterocycles. The number of benzene rings is 2. The number of aliphatic carboxylic acids is 1. The summed E-state index contributed by atoms with van der Waals surface area (Å²) in [7, 11) is 0. The number of carboxylic acid groups (broad SMARTS) is 1. The summed E-state index contributed by atoms with van der Waals surface area (Å²) in [4.78, 5) is 15.3. The first-order valence-electron chi connectivity index (χ1n) is 12.4. The number of rotatable bonds is 8. The molecule has 2 fully saturated rings. The van der Waals surface area contributed by atoms with Gasteiger partial charge in [0.15, 0.2) is 11.6 Å². The fourth-order valence-electron chi connectivity index (χ4n) is 5.20. The average Bonchev–Trinajstić information content (AvgIpc) is 3.10. The Morgan fingerprint density at radius 3 is 2.49 bits per heavy atom. The summed E-state index contributed by atoms with van der Waals surface area (Å²) in [5.41, 5.74) is 1.19. The topological polar surface area (TPSA) is 62.2 Å². The minimum atomic E-state index is -0.850. The van der Waals surface area contributed by atoms with Crippen LogP contribution in [0.15, 0.2) is 36.4 Å². The van der Waals surface area contributed by atoms with Crippen LogP contribution in [0.4, 0.5) is 20.2 Å². The lowest BCUT2D eigenvalue weighted by molar-refractivity contribution is -0.137. The quantitative estimate of drug-likeness (QED) is 0.541. The molecular weight excluding hydrogens is 454 g/mol. The highest BCUT2D eigenvalue weighted by Gasteiger charge is 2.38. The Labute approximate surface area is 205 Å². The number of carbonyl (C=O) groups is 1. The van der Waals surface area contributed by atoms with Crippen LogP contribution >= 0.6 is 0 Å². The maximum absolute atomic E-state index is 15.0. The SMILES string of the molecule is CCOc1ccc(F)c(N2CCC(Oc3ccc(N4C[C@H](C)[C@@H](C)[C@@H]4CC(=O)O)cc3F)CC2)c1. The lowest BCUT2D eigenvalue weighted by Gasteiger charge is -2.34. The summed E-state index contributed by atoms with van der Waals surface area (Å²) in [6.07, 6.45) is 1.14. The summed E-state index contributed by atoms with van der Waals surface area (Å²) in [6, 6.07) is 9.48. The van der Waals surface area contributed by atoms with Crippen LogP contribution in [0.2, 0.25) is 0 Å². The van der Waals surface area contributed by atoms with Crippen LogP contribution in [0.3, 0.4) is 0 Å². The van der Waals surface area contributed by atoms with E-state index >= 15 is 4.39 Å². The van der Waals surface area contributed by atoms with E-state index < -0.39 is 11.8 Å². The molecule has 2 heterocycles. The van der Waals surface area contributed by atoms with E-state index in [2.05, 4.69) is 13.8 Å². The molecular formula is C27H34F2N2O4. The van der Waals surface area contributed by atoms with Crippen molar-refractivity contribution in [3.8, 4) is 11.5 Å². The second-order valence-electron chi connectivity index (χ2n) is 9.62. The number of hydrogen-bond acceptors (Lipinski definition) is 5. The van der Waals surface area contributed by atoms with Gasteiger partial charge in [0.2, 0.25) is 0 Å². The molecule has 0 amide bonds. The smallest absolute Gasteiger partial charge is 0.305 e. The number of halogens is 2. The molecule has 0 bridgehead atoms. The third kappa shape index (κ3) is 5.63. The van der Waals surface area contributed by atoms with Gasteiger partial charge in [0.05, 0.1) is 18.7 Å². The van der Waals surface area contributed by atoms with Gasteiger partial charge in [0.25, 0.3) is 0 Å². The van der Waals surface area contributed by atoms with E-state index in [1.165, 1.54) is 12.1 Å². The zero-order valence-corrected chi connectivity index (χ0v) is 20.5. The first-order valence-corrected chi connectivity index (χ1v) is 12.4. The van der Waals surface area contributed by atoms with Crippen molar-refractivity contribution in [2.75, 3.05) is 36.0 Å². The van der Waals surface area contributed by atoms with Gasteiger partial charge in [0.1, 0.15) is 17.7 Å². The van der Waals surface area contributed by atoms with Gasteiger partial charge in [-0.25, -0.2) is 8.78 Å². The van der Waals surface area contributed by atoms with Crippen molar-refractivity contribution in [3.05, 3.63) is 48.0 Å². The molecule has 35 heavy (non-hydrogen) atoms. The predicted molar refractivity (Wildman–Crippen MR) is 132 cm³/mol. The first kappa shape index (κ1) is 25.1. The van der Waals surface area contributed by atoms with E-state index in [9.17, 15) is 14.3 Å². The molecule has 2 saturated heterocycles. The monoisotopic (exact) mass is 488 g/mol. The summed E-state index contributed by atoms with van der Waals surface area (Å²) in [5, 5.41) is 9.32. The van der Waals surface area contributed by atoms with Crippen LogP contribution in [0.5, 0.6) is 11.5 Å². The maximum atomic E-state index is 15.0. The van der Waals surface area contributed by atoms with Crippen molar-refractivity contribution in [1.29, 1.82) is 0 Å². The van der Waals surface area contributed by atoms with Crippen LogP contribution in [-0.4, -0.2) is 49.5 Å². The average molecular weight is 489 g/mol. The van der Waals surface area contributed by atoms with E-state index in [0.717, 1.165) is 0 Å². The van der Waals surface area contributed by atoms with Crippen LogP contribution in [-0.2, 0) is 4.79 Å². The van der Waals surface area contributed by atoms with E-state index in [1.807, 2.05) is 22.8 Å². The maximum Gasteiger partial charge on any atom is 0.305 e. The fourth-order valence-corrected chi connectivity index (χ4v) is 5.20. The molecule has 0 spiro atoms. The Balaban J connectivity index is 1.39. The van der Waals surface area contributed by atoms with Crippen molar-refractivity contribution < 1.29 is 28.2 Å². The second-order valence-corrected chi connectivity index (χ2v) is 9.62. The van der Waals surface area contributed by atoms with Crippen LogP contribution in [0.25, 0.3) is 0 Å². The molecule has 0 radical (unpaired) electrons. The zero-order valence-electron chi connectivity index (χ0n) is 20.5. The van der Waals surface area contributed by atoms with Gasteiger partial charge in [0, 0.05) is 56.3 Å². The number of carboxylic acids is 1. The summed E-state index contributed by atoms with van der Waals surface area (Å²) < 4.78 is 40.9. The molecule has 6 nitrogen and oxygen atoms in total. The summed E-state index contributed by atoms with van der Waals surface area (Å²) in [5.74, 6) is -0.249. The van der Waals surface area contributed by atoms with E-state index in [0.29, 0.717) is 62.1 Å². The molecule has 0 aliphatic carbocycles. The lowest BCUT2D eigenvalue weighted by Crippen LogP contribution is -2.38. The van der Waals surface area contributed by atoms with Gasteiger partial charge < -0.3 is 24.4 Å². The van der Waals surface area contributed by atoms with Gasteiger partial charge in [-0.1, -0.05) is 13.8 Å². The largest absolute Gasteiger partial charge is 0.494 e. The molecule has 3 atom stereocenters. The standard InChI is InChI=1S/C27H34F2N2O4/c1-4-34-21-6-7-22(28)25(14-21)30-11-9-20(10-12-30)35-26-8-5-19(13-23(26)29)31-16-17(2)18(3)24(31)15-27(32)33/h5-8,13-14,17-18,20,24H,4,9-12,15-16H2,1-3H3,(H,32,33)/t17-,18+,24-/m0/s1. The molecule has 2 aromatic carbocycles. The van der Waals surface area contributed by atoms with Gasteiger partial charge in [-0.2, -0.15) is 0 Å². The van der Waals surface area contributed by atoms with Gasteiger partial charge in [-0.3, -0.25) is 4.79 Å². The Hall–Kier alpha value is -3.03. The first-order chi connectivity index (χ1) is 16.8. The zero-order chi connectivity index (χ0) is 25.1. The second kappa shape index (κ2) is 10.7. The Kier molecular flexibility index (Phi) is 7.67. The third-order valence-electron chi connectivity index (χ3n) is 7.33. The van der Waals surface area contributed by atoms with Crippen molar-refractivity contribution in [3.63, 3.8) is 0 Å². The molecule has 1 N–H and O–H groups in total. The molecule has 4 rings (SSSR count). The van der Waals surface area contributed by atoms with Crippen molar-refractivity contribution in [2.24, 2.45) is 11.8 Å². The molecule has 2 aliphatic rings. The number of hydrogen-bond donors (Lipinski definition) is 1. The normalized spacial score (nSPS) is 22.9. The minimum Gasteiger partial charge on any atom is -0.494 e. The van der Waals surface area contributed by atoms with Crippen molar-refractivity contribution in [2.45, 2.75) is 52.2 Å². The third-order valence-corrected chi connectivity index (χ3v) is 7.33. The Morgan fingerprint density at radius 2 is 1.83 bits per heavy atom. The minimum absolute atomic E-state index is 0.0258. The molecule has 0 unspecified atom stereocenters. The number of anilines is 2. The fraction of sp³-hybridized carbons (Fsp3) is 0.519. The van der Waals surface area contributed by atoms with Crippen LogP contribution < -0.4 is 19.3 Å².